The van der Waals surface area contributed by atoms with Crippen molar-refractivity contribution < 1.29 is 9.59 Å². The molecule has 1 aliphatic rings. The lowest BCUT2D eigenvalue weighted by Crippen LogP contribution is -2.31. The van der Waals surface area contributed by atoms with Crippen molar-refractivity contribution in [2.45, 2.75) is 93.4 Å². The topological polar surface area (TPSA) is 103 Å². The minimum Gasteiger partial charge on any atom is -0.324 e. The van der Waals surface area contributed by atoms with Crippen molar-refractivity contribution in [2.75, 3.05) is 30.3 Å². The molecule has 0 aliphatic carbocycles. The van der Waals surface area contributed by atoms with Gasteiger partial charge >= 0.3 is 0 Å². The van der Waals surface area contributed by atoms with Crippen LogP contribution in [0.5, 0.6) is 0 Å². The SMILES string of the molecule is C=CC(=C\c1cn[nH]c1C(C)C)/C(/C=C\C(CC)=C(\CC)C(=O)Nc1cc(NC(=O)CN2CCCC2)cnc1C)=C/C.CCC. The molecule has 3 heterocycles. The number of aryl methyl sites for hydroxylation is 1. The van der Waals surface area contributed by atoms with Crippen LogP contribution in [0.1, 0.15) is 103 Å². The zero-order valence-corrected chi connectivity index (χ0v) is 28.7. The summed E-state index contributed by atoms with van der Waals surface area (Å²) in [5.74, 6) is 0.0691. The number of nitrogens with one attached hydrogen (secondary N) is 3. The molecule has 0 bridgehead atoms. The van der Waals surface area contributed by atoms with Crippen molar-refractivity contribution in [1.82, 2.24) is 20.1 Å². The molecule has 3 N–H and O–H groups in total. The number of hydrogen-bond donors (Lipinski definition) is 3. The predicted octanol–water partition coefficient (Wildman–Crippen LogP) is 8.51. The number of carbonyl (C=O) groups excluding carboxylic acids is 2. The van der Waals surface area contributed by atoms with Gasteiger partial charge in [0.15, 0.2) is 0 Å². The first-order valence-corrected chi connectivity index (χ1v) is 16.4. The molecule has 2 amide bonds. The van der Waals surface area contributed by atoms with Crippen LogP contribution >= 0.6 is 0 Å². The first kappa shape index (κ1) is 37.1. The summed E-state index contributed by atoms with van der Waals surface area (Å²) in [5.41, 5.74) is 7.56. The molecule has 0 atom stereocenters. The van der Waals surface area contributed by atoms with Gasteiger partial charge in [0.05, 0.1) is 36.0 Å². The molecular formula is C37H54N6O2. The summed E-state index contributed by atoms with van der Waals surface area (Å²) in [7, 11) is 0. The molecule has 0 saturated carbocycles. The number of anilines is 2. The van der Waals surface area contributed by atoms with Crippen molar-refractivity contribution in [2.24, 2.45) is 0 Å². The predicted molar refractivity (Wildman–Crippen MR) is 189 cm³/mol. The minimum absolute atomic E-state index is 0.0756. The van der Waals surface area contributed by atoms with Gasteiger partial charge < -0.3 is 10.6 Å². The van der Waals surface area contributed by atoms with E-state index in [-0.39, 0.29) is 11.8 Å². The van der Waals surface area contributed by atoms with Gasteiger partial charge in [-0.3, -0.25) is 24.6 Å². The normalized spacial score (nSPS) is 14.7. The molecule has 1 fully saturated rings. The van der Waals surface area contributed by atoms with Gasteiger partial charge in [-0.25, -0.2) is 0 Å². The Hall–Kier alpha value is -4.04. The van der Waals surface area contributed by atoms with Gasteiger partial charge in [0, 0.05) is 16.8 Å². The van der Waals surface area contributed by atoms with Crippen molar-refractivity contribution >= 4 is 29.3 Å². The van der Waals surface area contributed by atoms with Gasteiger partial charge in [-0.1, -0.05) is 78.8 Å². The van der Waals surface area contributed by atoms with Crippen LogP contribution in [-0.2, 0) is 9.59 Å². The van der Waals surface area contributed by atoms with E-state index >= 15 is 0 Å². The zero-order valence-electron chi connectivity index (χ0n) is 28.7. The van der Waals surface area contributed by atoms with E-state index in [4.69, 9.17) is 0 Å². The molecule has 0 aromatic carbocycles. The van der Waals surface area contributed by atoms with Gasteiger partial charge in [0.25, 0.3) is 5.91 Å². The van der Waals surface area contributed by atoms with E-state index in [1.807, 2.05) is 58.2 Å². The monoisotopic (exact) mass is 614 g/mol. The second-order valence-electron chi connectivity index (χ2n) is 11.5. The molecule has 3 rings (SSSR count). The number of H-pyrrole nitrogens is 1. The lowest BCUT2D eigenvalue weighted by atomic mass is 9.97. The number of aromatic amines is 1. The first-order valence-electron chi connectivity index (χ1n) is 16.4. The summed E-state index contributed by atoms with van der Waals surface area (Å²) in [6, 6.07) is 1.78. The number of pyridine rings is 1. The summed E-state index contributed by atoms with van der Waals surface area (Å²) >= 11 is 0. The second-order valence-corrected chi connectivity index (χ2v) is 11.5. The summed E-state index contributed by atoms with van der Waals surface area (Å²) in [6.45, 7) is 22.7. The van der Waals surface area contributed by atoms with Crippen molar-refractivity contribution in [3.05, 3.63) is 88.6 Å². The third kappa shape index (κ3) is 11.4. The smallest absolute Gasteiger partial charge is 0.251 e. The molecule has 0 unspecified atom stereocenters. The summed E-state index contributed by atoms with van der Waals surface area (Å²) in [4.78, 5) is 32.6. The average Bonchev–Trinajstić information content (AvgIpc) is 3.70. The second kappa shape index (κ2) is 19.4. The van der Waals surface area contributed by atoms with E-state index in [0.29, 0.717) is 47.9 Å². The minimum atomic E-state index is -0.175. The number of amides is 2. The molecule has 0 spiro atoms. The first-order chi connectivity index (χ1) is 21.6. The quantitative estimate of drug-likeness (QED) is 0.155. The number of likely N-dealkylation sites (tertiary alicyclic amines) is 1. The summed E-state index contributed by atoms with van der Waals surface area (Å²) in [5, 5.41) is 13.3. The molecule has 244 valence electrons. The van der Waals surface area contributed by atoms with Gasteiger partial charge in [0.1, 0.15) is 0 Å². The Balaban J connectivity index is 0.00000226. The lowest BCUT2D eigenvalue weighted by molar-refractivity contribution is -0.117. The maximum absolute atomic E-state index is 13.5. The highest BCUT2D eigenvalue weighted by atomic mass is 16.2. The number of rotatable bonds is 13. The van der Waals surface area contributed by atoms with Crippen molar-refractivity contribution in [3.8, 4) is 0 Å². The zero-order chi connectivity index (χ0) is 33.4. The van der Waals surface area contributed by atoms with E-state index in [0.717, 1.165) is 53.9 Å². The van der Waals surface area contributed by atoms with Crippen LogP contribution in [0.15, 0.2) is 71.6 Å². The Morgan fingerprint density at radius 2 is 1.73 bits per heavy atom. The van der Waals surface area contributed by atoms with Crippen LogP contribution in [0, 0.1) is 6.92 Å². The highest BCUT2D eigenvalue weighted by Gasteiger charge is 2.17. The number of nitrogens with zero attached hydrogens (tertiary/aromatic N) is 3. The van der Waals surface area contributed by atoms with Crippen LogP contribution in [0.3, 0.4) is 0 Å². The number of allylic oxidation sites excluding steroid dienone is 7. The van der Waals surface area contributed by atoms with Crippen LogP contribution < -0.4 is 10.6 Å². The van der Waals surface area contributed by atoms with Crippen molar-refractivity contribution in [1.29, 1.82) is 0 Å². The summed E-state index contributed by atoms with van der Waals surface area (Å²) in [6.07, 6.45) is 18.2. The number of aromatic nitrogens is 3. The fourth-order valence-corrected chi connectivity index (χ4v) is 5.10. The third-order valence-electron chi connectivity index (χ3n) is 7.50. The Morgan fingerprint density at radius 3 is 2.31 bits per heavy atom. The maximum Gasteiger partial charge on any atom is 0.251 e. The Morgan fingerprint density at radius 1 is 1.04 bits per heavy atom. The van der Waals surface area contributed by atoms with Crippen LogP contribution in [0.25, 0.3) is 6.08 Å². The fourth-order valence-electron chi connectivity index (χ4n) is 5.10. The largest absolute Gasteiger partial charge is 0.324 e. The molecule has 2 aromatic rings. The van der Waals surface area contributed by atoms with Crippen molar-refractivity contribution in [3.63, 3.8) is 0 Å². The Kier molecular flexibility index (Phi) is 16.0. The van der Waals surface area contributed by atoms with Gasteiger partial charge in [-0.2, -0.15) is 5.10 Å². The fraction of sp³-hybridized carbons (Fsp3) is 0.459. The van der Waals surface area contributed by atoms with E-state index in [1.54, 1.807) is 12.3 Å². The third-order valence-corrected chi connectivity index (χ3v) is 7.50. The molecule has 0 radical (unpaired) electrons. The van der Waals surface area contributed by atoms with Gasteiger partial charge in [0.2, 0.25) is 5.91 Å². The van der Waals surface area contributed by atoms with Gasteiger partial charge in [-0.15, -0.1) is 0 Å². The van der Waals surface area contributed by atoms with E-state index in [9.17, 15) is 9.59 Å². The molecular weight excluding hydrogens is 560 g/mol. The summed E-state index contributed by atoms with van der Waals surface area (Å²) < 4.78 is 0. The van der Waals surface area contributed by atoms with Crippen LogP contribution in [0.4, 0.5) is 11.4 Å². The maximum atomic E-state index is 13.5. The van der Waals surface area contributed by atoms with Crippen LogP contribution in [0.2, 0.25) is 0 Å². The molecule has 8 heteroatoms. The van der Waals surface area contributed by atoms with E-state index < -0.39 is 0 Å². The highest BCUT2D eigenvalue weighted by Crippen LogP contribution is 2.25. The van der Waals surface area contributed by atoms with Gasteiger partial charge in [-0.05, 0) is 87.4 Å². The lowest BCUT2D eigenvalue weighted by Gasteiger charge is -2.16. The van der Waals surface area contributed by atoms with E-state index in [1.165, 1.54) is 6.42 Å². The number of hydrogen-bond acceptors (Lipinski definition) is 5. The average molecular weight is 615 g/mol. The molecule has 2 aromatic heterocycles. The van der Waals surface area contributed by atoms with E-state index in [2.05, 4.69) is 71.1 Å². The highest BCUT2D eigenvalue weighted by molar-refractivity contribution is 6.05. The molecule has 8 nitrogen and oxygen atoms in total. The number of carbonyl (C=O) groups is 2. The Bertz CT molecular complexity index is 1400. The Labute approximate surface area is 270 Å². The standard InChI is InChI=1S/C34H46N6O2.C3H8/c1-8-25(27(10-3)18-28-20-36-39-33(28)23(5)6)14-15-26(9-2)30(11-4)34(42)38-31-19-29(21-35-24(31)7)37-32(41)22-40-16-12-13-17-40;1-3-2/h8,10,14-15,18-21,23H,3,9,11-13,16-17,22H2,1-2,4-7H3,(H,36,39)(H,37,41)(H,38,42);3H2,1-2H3/b15-14-,25-8+,27-18+,30-26-;. The van der Waals surface area contributed by atoms with Crippen LogP contribution in [-0.4, -0.2) is 51.5 Å². The molecule has 45 heavy (non-hydrogen) atoms. The molecule has 1 saturated heterocycles. The molecule has 1 aliphatic heterocycles.